The van der Waals surface area contributed by atoms with Crippen molar-refractivity contribution in [3.05, 3.63) is 46.6 Å². The zero-order chi connectivity index (χ0) is 19.4. The number of ether oxygens (including phenoxy) is 1. The number of carbonyl (C=O) groups is 1. The van der Waals surface area contributed by atoms with Crippen LogP contribution in [0.2, 0.25) is 0 Å². The molecule has 2 aromatic rings. The molecule has 1 aromatic heterocycles. The lowest BCUT2D eigenvalue weighted by Gasteiger charge is -2.28. The number of fused-ring (bicyclic) bond motifs is 1. The van der Waals surface area contributed by atoms with Gasteiger partial charge >= 0.3 is 6.03 Å². The second-order valence-electron chi connectivity index (χ2n) is 7.04. The summed E-state index contributed by atoms with van der Waals surface area (Å²) in [6, 6.07) is 8.06. The average molecular weight is 369 g/mol. The van der Waals surface area contributed by atoms with E-state index in [4.69, 9.17) is 4.74 Å². The van der Waals surface area contributed by atoms with Crippen LogP contribution in [-0.4, -0.2) is 55.4 Å². The summed E-state index contributed by atoms with van der Waals surface area (Å²) in [4.78, 5) is 16.3. The molecule has 0 saturated carbocycles. The zero-order valence-electron chi connectivity index (χ0n) is 16.5. The molecular formula is C20H27N5O2. The van der Waals surface area contributed by atoms with Crippen molar-refractivity contribution in [2.75, 3.05) is 39.2 Å². The summed E-state index contributed by atoms with van der Waals surface area (Å²) < 4.78 is 5.40. The lowest BCUT2D eigenvalue weighted by Crippen LogP contribution is -2.43. The number of aromatic nitrogens is 2. The van der Waals surface area contributed by atoms with E-state index in [9.17, 15) is 4.79 Å². The van der Waals surface area contributed by atoms with Gasteiger partial charge in [-0.15, -0.1) is 5.10 Å². The quantitative estimate of drug-likeness (QED) is 0.875. The van der Waals surface area contributed by atoms with Gasteiger partial charge in [0.05, 0.1) is 12.8 Å². The molecule has 27 heavy (non-hydrogen) atoms. The van der Waals surface area contributed by atoms with Gasteiger partial charge in [0.1, 0.15) is 5.75 Å². The van der Waals surface area contributed by atoms with Gasteiger partial charge in [-0.3, -0.25) is 0 Å². The van der Waals surface area contributed by atoms with Gasteiger partial charge in [-0.05, 0) is 36.6 Å². The third-order valence-electron chi connectivity index (χ3n) is 4.78. The Morgan fingerprint density at radius 2 is 2.11 bits per heavy atom. The van der Waals surface area contributed by atoms with Crippen LogP contribution in [0.1, 0.15) is 22.4 Å². The minimum absolute atomic E-state index is 0.0458. The van der Waals surface area contributed by atoms with Crippen LogP contribution in [0.5, 0.6) is 5.75 Å². The van der Waals surface area contributed by atoms with Gasteiger partial charge in [-0.2, -0.15) is 5.10 Å². The van der Waals surface area contributed by atoms with Gasteiger partial charge < -0.3 is 19.9 Å². The highest BCUT2D eigenvalue weighted by Crippen LogP contribution is 2.21. The largest absolute Gasteiger partial charge is 0.496 e. The maximum atomic E-state index is 12.6. The normalized spacial score (nSPS) is 13.1. The number of carbonyl (C=O) groups excluding carboxylic acids is 1. The van der Waals surface area contributed by atoms with E-state index in [0.29, 0.717) is 19.6 Å². The Kier molecular flexibility index (Phi) is 5.78. The van der Waals surface area contributed by atoms with E-state index in [1.54, 1.807) is 7.11 Å². The first kappa shape index (κ1) is 18.9. The molecule has 0 bridgehead atoms. The van der Waals surface area contributed by atoms with Crippen LogP contribution in [0, 0.1) is 6.92 Å². The maximum Gasteiger partial charge on any atom is 0.317 e. The Morgan fingerprint density at radius 3 is 2.85 bits per heavy atom. The van der Waals surface area contributed by atoms with Crippen molar-refractivity contribution in [1.82, 2.24) is 20.4 Å². The van der Waals surface area contributed by atoms with Gasteiger partial charge in [0.15, 0.2) is 5.82 Å². The van der Waals surface area contributed by atoms with Crippen molar-refractivity contribution in [1.29, 1.82) is 0 Å². The highest BCUT2D eigenvalue weighted by molar-refractivity contribution is 5.74. The van der Waals surface area contributed by atoms with E-state index in [2.05, 4.69) is 28.5 Å². The SMILES string of the molecule is COc1ccc(C)cc1CCNC(=O)N1CCc2nnc(N(C)C)cc2C1. The highest BCUT2D eigenvalue weighted by atomic mass is 16.5. The average Bonchev–Trinajstić information content (AvgIpc) is 2.67. The van der Waals surface area contributed by atoms with Gasteiger partial charge in [-0.25, -0.2) is 4.79 Å². The first-order chi connectivity index (χ1) is 13.0. The summed E-state index contributed by atoms with van der Waals surface area (Å²) in [6.45, 7) is 3.84. The van der Waals surface area contributed by atoms with Crippen LogP contribution in [0.25, 0.3) is 0 Å². The number of anilines is 1. The molecule has 0 atom stereocenters. The number of amides is 2. The number of hydrogen-bond donors (Lipinski definition) is 1. The fourth-order valence-corrected chi connectivity index (χ4v) is 3.23. The molecule has 2 amide bonds. The fraction of sp³-hybridized carbons (Fsp3) is 0.450. The van der Waals surface area contributed by atoms with Crippen molar-refractivity contribution in [2.45, 2.75) is 26.3 Å². The molecule has 0 spiro atoms. The molecule has 1 aliphatic rings. The second-order valence-corrected chi connectivity index (χ2v) is 7.04. The number of methoxy groups -OCH3 is 1. The standard InChI is InChI=1S/C20H27N5O2/c1-14-5-6-18(27-4)15(11-14)7-9-21-20(26)25-10-8-17-16(13-25)12-19(23-22-17)24(2)3/h5-6,11-12H,7-10,13H2,1-4H3,(H,21,26). The Morgan fingerprint density at radius 1 is 1.30 bits per heavy atom. The monoisotopic (exact) mass is 369 g/mol. The maximum absolute atomic E-state index is 12.6. The summed E-state index contributed by atoms with van der Waals surface area (Å²) in [5.74, 6) is 1.67. The molecule has 1 N–H and O–H groups in total. The van der Waals surface area contributed by atoms with Crippen LogP contribution >= 0.6 is 0 Å². The molecule has 0 aliphatic carbocycles. The van der Waals surface area contributed by atoms with Crippen molar-refractivity contribution in [3.63, 3.8) is 0 Å². The summed E-state index contributed by atoms with van der Waals surface area (Å²) in [5.41, 5.74) is 4.33. The van der Waals surface area contributed by atoms with Gasteiger partial charge in [0.2, 0.25) is 0 Å². The molecule has 2 heterocycles. The Balaban J connectivity index is 1.58. The number of nitrogens with one attached hydrogen (secondary N) is 1. The Bertz CT molecular complexity index is 822. The number of rotatable bonds is 5. The first-order valence-corrected chi connectivity index (χ1v) is 9.17. The minimum atomic E-state index is -0.0458. The molecule has 0 fully saturated rings. The minimum Gasteiger partial charge on any atom is -0.496 e. The molecule has 0 radical (unpaired) electrons. The van der Waals surface area contributed by atoms with E-state index in [-0.39, 0.29) is 6.03 Å². The number of urea groups is 1. The third kappa shape index (κ3) is 4.48. The van der Waals surface area contributed by atoms with E-state index < -0.39 is 0 Å². The van der Waals surface area contributed by atoms with Crippen LogP contribution in [-0.2, 0) is 19.4 Å². The molecule has 7 heteroatoms. The zero-order valence-corrected chi connectivity index (χ0v) is 16.5. The predicted molar refractivity (Wildman–Crippen MR) is 105 cm³/mol. The lowest BCUT2D eigenvalue weighted by molar-refractivity contribution is 0.192. The highest BCUT2D eigenvalue weighted by Gasteiger charge is 2.22. The van der Waals surface area contributed by atoms with E-state index in [1.807, 2.05) is 42.1 Å². The van der Waals surface area contributed by atoms with Gasteiger partial charge in [-0.1, -0.05) is 17.7 Å². The molecule has 7 nitrogen and oxygen atoms in total. The van der Waals surface area contributed by atoms with Crippen LogP contribution in [0.4, 0.5) is 10.6 Å². The summed E-state index contributed by atoms with van der Waals surface area (Å²) in [5, 5.41) is 11.5. The Labute approximate surface area is 160 Å². The van der Waals surface area contributed by atoms with Crippen molar-refractivity contribution >= 4 is 11.8 Å². The lowest BCUT2D eigenvalue weighted by atomic mass is 10.1. The third-order valence-corrected chi connectivity index (χ3v) is 4.78. The Hall–Kier alpha value is -2.83. The van der Waals surface area contributed by atoms with Crippen molar-refractivity contribution in [2.24, 2.45) is 0 Å². The summed E-state index contributed by atoms with van der Waals surface area (Å²) in [6.07, 6.45) is 1.46. The molecule has 3 rings (SSSR count). The number of nitrogens with zero attached hydrogens (tertiary/aromatic N) is 4. The van der Waals surface area contributed by atoms with Crippen LogP contribution in [0.15, 0.2) is 24.3 Å². The predicted octanol–water partition coefficient (Wildman–Crippen LogP) is 2.17. The van der Waals surface area contributed by atoms with E-state index in [0.717, 1.165) is 41.2 Å². The molecular weight excluding hydrogens is 342 g/mol. The summed E-state index contributed by atoms with van der Waals surface area (Å²) >= 11 is 0. The molecule has 1 aromatic carbocycles. The number of hydrogen-bond acceptors (Lipinski definition) is 5. The van der Waals surface area contributed by atoms with Crippen molar-refractivity contribution in [3.8, 4) is 5.75 Å². The van der Waals surface area contributed by atoms with Gasteiger partial charge in [0, 0.05) is 40.2 Å². The first-order valence-electron chi connectivity index (χ1n) is 9.17. The van der Waals surface area contributed by atoms with Crippen LogP contribution in [0.3, 0.4) is 0 Å². The van der Waals surface area contributed by atoms with Crippen LogP contribution < -0.4 is 15.0 Å². The number of benzene rings is 1. The van der Waals surface area contributed by atoms with E-state index >= 15 is 0 Å². The number of aryl methyl sites for hydroxylation is 1. The topological polar surface area (TPSA) is 70.6 Å². The molecule has 0 unspecified atom stereocenters. The van der Waals surface area contributed by atoms with E-state index in [1.165, 1.54) is 5.56 Å². The fourth-order valence-electron chi connectivity index (χ4n) is 3.23. The second kappa shape index (κ2) is 8.24. The molecule has 0 saturated heterocycles. The smallest absolute Gasteiger partial charge is 0.317 e. The summed E-state index contributed by atoms with van der Waals surface area (Å²) in [7, 11) is 5.54. The molecule has 144 valence electrons. The molecule has 1 aliphatic heterocycles. The van der Waals surface area contributed by atoms with Crippen molar-refractivity contribution < 1.29 is 9.53 Å². The van der Waals surface area contributed by atoms with Gasteiger partial charge in [0.25, 0.3) is 0 Å².